The minimum absolute atomic E-state index is 0.00863. The number of halogens is 1. The molecule has 2 aromatic carbocycles. The van der Waals surface area contributed by atoms with Crippen molar-refractivity contribution < 1.29 is 9.18 Å². The second kappa shape index (κ2) is 10.3. The second-order valence-corrected chi connectivity index (χ2v) is 6.26. The monoisotopic (exact) mass is 370 g/mol. The van der Waals surface area contributed by atoms with Gasteiger partial charge in [-0.15, -0.1) is 0 Å². The summed E-state index contributed by atoms with van der Waals surface area (Å²) in [4.78, 5) is 18.4. The number of guanidine groups is 1. The zero-order valence-electron chi connectivity index (χ0n) is 16.1. The summed E-state index contributed by atoms with van der Waals surface area (Å²) in [5.74, 6) is 0.262. The van der Waals surface area contributed by atoms with Gasteiger partial charge < -0.3 is 15.5 Å². The van der Waals surface area contributed by atoms with Gasteiger partial charge in [-0.3, -0.25) is 9.79 Å². The molecule has 5 nitrogen and oxygen atoms in total. The van der Waals surface area contributed by atoms with E-state index in [9.17, 15) is 9.18 Å². The van der Waals surface area contributed by atoms with Gasteiger partial charge in [-0.2, -0.15) is 0 Å². The molecule has 2 N–H and O–H groups in total. The molecule has 0 fully saturated rings. The highest BCUT2D eigenvalue weighted by molar-refractivity contribution is 5.86. The molecule has 144 valence electrons. The van der Waals surface area contributed by atoms with Crippen molar-refractivity contribution in [3.05, 3.63) is 71.0 Å². The van der Waals surface area contributed by atoms with Crippen LogP contribution >= 0.6 is 0 Å². The highest BCUT2D eigenvalue weighted by Gasteiger charge is 2.12. The molecule has 0 spiro atoms. The van der Waals surface area contributed by atoms with Gasteiger partial charge in [-0.1, -0.05) is 42.5 Å². The van der Waals surface area contributed by atoms with E-state index in [1.54, 1.807) is 24.9 Å². The molecule has 0 atom stereocenters. The molecular weight excluding hydrogens is 343 g/mol. The molecule has 0 aromatic heterocycles. The number of carbonyl (C=O) groups excluding carboxylic acids is 1. The average Bonchev–Trinajstić information content (AvgIpc) is 2.69. The summed E-state index contributed by atoms with van der Waals surface area (Å²) in [5.41, 5.74) is 2.52. The summed E-state index contributed by atoms with van der Waals surface area (Å²) in [6.45, 7) is 5.46. The summed E-state index contributed by atoms with van der Waals surface area (Å²) >= 11 is 0. The first kappa shape index (κ1) is 20.4. The Morgan fingerprint density at radius 3 is 2.48 bits per heavy atom. The lowest BCUT2D eigenvalue weighted by Gasteiger charge is -2.22. The quantitative estimate of drug-likeness (QED) is 0.582. The van der Waals surface area contributed by atoms with Crippen LogP contribution in [0.2, 0.25) is 0 Å². The van der Waals surface area contributed by atoms with Gasteiger partial charge in [0.15, 0.2) is 5.96 Å². The van der Waals surface area contributed by atoms with E-state index in [-0.39, 0.29) is 18.3 Å². The van der Waals surface area contributed by atoms with Crippen molar-refractivity contribution in [3.8, 4) is 0 Å². The van der Waals surface area contributed by atoms with Gasteiger partial charge in [0.25, 0.3) is 0 Å². The summed E-state index contributed by atoms with van der Waals surface area (Å²) < 4.78 is 13.6. The number of carbonyl (C=O) groups is 1. The van der Waals surface area contributed by atoms with Gasteiger partial charge in [-0.25, -0.2) is 4.39 Å². The van der Waals surface area contributed by atoms with Gasteiger partial charge in [-0.05, 0) is 36.6 Å². The van der Waals surface area contributed by atoms with Crippen LogP contribution in [0.5, 0.6) is 0 Å². The Morgan fingerprint density at radius 1 is 1.11 bits per heavy atom. The lowest BCUT2D eigenvalue weighted by molar-refractivity contribution is -0.130. The number of rotatable bonds is 7. The normalized spacial score (nSPS) is 11.2. The molecule has 6 heteroatoms. The van der Waals surface area contributed by atoms with Crippen molar-refractivity contribution in [1.82, 2.24) is 15.5 Å². The third-order valence-electron chi connectivity index (χ3n) is 4.28. The van der Waals surface area contributed by atoms with Crippen molar-refractivity contribution in [3.63, 3.8) is 0 Å². The zero-order valence-corrected chi connectivity index (χ0v) is 16.1. The van der Waals surface area contributed by atoms with Crippen molar-refractivity contribution in [2.45, 2.75) is 26.9 Å². The van der Waals surface area contributed by atoms with Gasteiger partial charge in [0, 0.05) is 26.7 Å². The molecule has 0 aliphatic carbocycles. The van der Waals surface area contributed by atoms with Crippen LogP contribution in [-0.2, 0) is 17.9 Å². The Morgan fingerprint density at radius 2 is 1.85 bits per heavy atom. The maximum absolute atomic E-state index is 13.6. The third kappa shape index (κ3) is 6.40. The van der Waals surface area contributed by atoms with E-state index >= 15 is 0 Å². The molecule has 0 radical (unpaired) electrons. The molecule has 0 bridgehead atoms. The fraction of sp³-hybridized carbons (Fsp3) is 0.333. The Hall–Kier alpha value is -2.89. The molecule has 2 rings (SSSR count). The van der Waals surface area contributed by atoms with Crippen LogP contribution in [0.25, 0.3) is 0 Å². The van der Waals surface area contributed by atoms with Gasteiger partial charge in [0.05, 0.1) is 6.54 Å². The van der Waals surface area contributed by atoms with Crippen LogP contribution < -0.4 is 10.6 Å². The Bertz CT molecular complexity index is 777. The molecule has 0 unspecified atom stereocenters. The fourth-order valence-electron chi connectivity index (χ4n) is 2.60. The van der Waals surface area contributed by atoms with Crippen LogP contribution in [0.15, 0.2) is 53.5 Å². The SMILES string of the molecule is CCN(Cc1ccccc1)C(=O)CNC(=NC)NCc1ccc(C)c(F)c1. The first-order chi connectivity index (χ1) is 13.0. The van der Waals surface area contributed by atoms with Crippen molar-refractivity contribution in [2.24, 2.45) is 4.99 Å². The number of aryl methyl sites for hydroxylation is 1. The molecule has 0 saturated carbocycles. The van der Waals surface area contributed by atoms with Crippen LogP contribution in [0, 0.1) is 12.7 Å². The van der Waals surface area contributed by atoms with E-state index in [4.69, 9.17) is 0 Å². The lowest BCUT2D eigenvalue weighted by atomic mass is 10.1. The molecule has 2 aromatic rings. The second-order valence-electron chi connectivity index (χ2n) is 6.26. The Balaban J connectivity index is 1.84. The van der Waals surface area contributed by atoms with E-state index in [0.29, 0.717) is 31.2 Å². The smallest absolute Gasteiger partial charge is 0.242 e. The third-order valence-corrected chi connectivity index (χ3v) is 4.28. The maximum atomic E-state index is 13.6. The highest BCUT2D eigenvalue weighted by atomic mass is 19.1. The summed E-state index contributed by atoms with van der Waals surface area (Å²) in [5, 5.41) is 6.12. The number of nitrogens with one attached hydrogen (secondary N) is 2. The van der Waals surface area contributed by atoms with Crippen LogP contribution in [0.4, 0.5) is 4.39 Å². The zero-order chi connectivity index (χ0) is 19.6. The summed E-state index contributed by atoms with van der Waals surface area (Å²) in [7, 11) is 1.64. The van der Waals surface area contributed by atoms with Crippen molar-refractivity contribution >= 4 is 11.9 Å². The lowest BCUT2D eigenvalue weighted by Crippen LogP contribution is -2.44. The van der Waals surface area contributed by atoms with E-state index < -0.39 is 0 Å². The topological polar surface area (TPSA) is 56.7 Å². The molecule has 1 amide bonds. The minimum Gasteiger partial charge on any atom is -0.352 e. The largest absolute Gasteiger partial charge is 0.352 e. The van der Waals surface area contributed by atoms with E-state index in [2.05, 4.69) is 15.6 Å². The molecule has 0 aliphatic rings. The number of amides is 1. The first-order valence-electron chi connectivity index (χ1n) is 9.04. The minimum atomic E-state index is -0.230. The summed E-state index contributed by atoms with van der Waals surface area (Å²) in [6.07, 6.45) is 0. The number of hydrogen-bond acceptors (Lipinski definition) is 2. The van der Waals surface area contributed by atoms with Crippen LogP contribution in [-0.4, -0.2) is 36.9 Å². The molecule has 0 aliphatic heterocycles. The van der Waals surface area contributed by atoms with E-state index in [1.165, 1.54) is 6.07 Å². The maximum Gasteiger partial charge on any atom is 0.242 e. The van der Waals surface area contributed by atoms with Gasteiger partial charge >= 0.3 is 0 Å². The molecule has 27 heavy (non-hydrogen) atoms. The van der Waals surface area contributed by atoms with Crippen LogP contribution in [0.1, 0.15) is 23.6 Å². The molecular formula is C21H27FN4O. The van der Waals surface area contributed by atoms with E-state index in [1.807, 2.05) is 43.3 Å². The molecule has 0 heterocycles. The highest BCUT2D eigenvalue weighted by Crippen LogP contribution is 2.09. The number of nitrogens with zero attached hydrogens (tertiary/aromatic N) is 2. The number of benzene rings is 2. The summed E-state index contributed by atoms with van der Waals surface area (Å²) in [6, 6.07) is 15.0. The Kier molecular flexibility index (Phi) is 7.79. The van der Waals surface area contributed by atoms with Crippen molar-refractivity contribution in [1.29, 1.82) is 0 Å². The standard InChI is InChI=1S/C21H27FN4O/c1-4-26(15-17-8-6-5-7-9-17)20(27)14-25-21(23-3)24-13-18-11-10-16(2)19(22)12-18/h5-12H,4,13-15H2,1-3H3,(H2,23,24,25). The fourth-order valence-corrected chi connectivity index (χ4v) is 2.60. The molecule has 0 saturated heterocycles. The van der Waals surface area contributed by atoms with Gasteiger partial charge in [0.2, 0.25) is 5.91 Å². The first-order valence-corrected chi connectivity index (χ1v) is 9.04. The Labute approximate surface area is 160 Å². The average molecular weight is 370 g/mol. The van der Waals surface area contributed by atoms with Crippen molar-refractivity contribution in [2.75, 3.05) is 20.1 Å². The predicted molar refractivity (Wildman–Crippen MR) is 107 cm³/mol. The number of aliphatic imine (C=N–C) groups is 1. The number of likely N-dealkylation sites (N-methyl/N-ethyl adjacent to an activating group) is 1. The predicted octanol–water partition coefficient (Wildman–Crippen LogP) is 2.85. The van der Waals surface area contributed by atoms with Crippen LogP contribution in [0.3, 0.4) is 0 Å². The van der Waals surface area contributed by atoms with E-state index in [0.717, 1.165) is 11.1 Å². The number of hydrogen-bond donors (Lipinski definition) is 2. The van der Waals surface area contributed by atoms with Gasteiger partial charge in [0.1, 0.15) is 5.82 Å².